The molecular formula is C22H22N4O4. The van der Waals surface area contributed by atoms with E-state index >= 15 is 0 Å². The lowest BCUT2D eigenvalue weighted by Crippen LogP contribution is -2.45. The Hall–Kier alpha value is -3.23. The molecule has 2 aliphatic heterocycles. The van der Waals surface area contributed by atoms with Crippen molar-refractivity contribution in [3.05, 3.63) is 60.8 Å². The molecule has 8 nitrogen and oxygen atoms in total. The molecule has 2 saturated heterocycles. The van der Waals surface area contributed by atoms with Crippen molar-refractivity contribution in [2.45, 2.75) is 12.4 Å². The van der Waals surface area contributed by atoms with Crippen molar-refractivity contribution in [1.82, 2.24) is 15.4 Å². The van der Waals surface area contributed by atoms with Crippen LogP contribution in [0.1, 0.15) is 0 Å². The maximum Gasteiger partial charge on any atom is 0.217 e. The number of hydrogen-bond donors (Lipinski definition) is 0. The van der Waals surface area contributed by atoms with E-state index < -0.39 is 0 Å². The van der Waals surface area contributed by atoms with Crippen molar-refractivity contribution in [2.75, 3.05) is 37.8 Å². The zero-order chi connectivity index (χ0) is 20.2. The first-order chi connectivity index (χ1) is 14.8. The normalized spacial score (nSPS) is 20.6. The van der Waals surface area contributed by atoms with Gasteiger partial charge in [0.2, 0.25) is 6.29 Å². The van der Waals surface area contributed by atoms with Crippen molar-refractivity contribution in [3.8, 4) is 22.6 Å². The van der Waals surface area contributed by atoms with Crippen LogP contribution in [-0.4, -0.2) is 60.7 Å². The number of ether oxygens (including phenoxy) is 4. The number of nitrogens with zero attached hydrogens (tertiary/aromatic N) is 4. The molecule has 2 fully saturated rings. The van der Waals surface area contributed by atoms with E-state index in [1.807, 2.05) is 42.5 Å². The summed E-state index contributed by atoms with van der Waals surface area (Å²) in [6.07, 6.45) is 1.52. The van der Waals surface area contributed by atoms with Gasteiger partial charge in [0.1, 0.15) is 24.2 Å². The summed E-state index contributed by atoms with van der Waals surface area (Å²) in [4.78, 5) is 2.08. The largest absolute Gasteiger partial charge is 0.491 e. The monoisotopic (exact) mass is 406 g/mol. The van der Waals surface area contributed by atoms with Crippen molar-refractivity contribution in [3.63, 3.8) is 0 Å². The molecule has 2 aliphatic rings. The Morgan fingerprint density at radius 3 is 2.33 bits per heavy atom. The van der Waals surface area contributed by atoms with Gasteiger partial charge < -0.3 is 23.8 Å². The number of morpholine rings is 1. The highest BCUT2D eigenvalue weighted by Gasteiger charge is 2.24. The summed E-state index contributed by atoms with van der Waals surface area (Å²) in [5.74, 6) is 2.39. The number of anilines is 1. The molecule has 30 heavy (non-hydrogen) atoms. The molecule has 0 aliphatic carbocycles. The molecule has 0 amide bonds. The predicted octanol–water partition coefficient (Wildman–Crippen LogP) is 2.56. The van der Waals surface area contributed by atoms with Crippen LogP contribution in [0.4, 0.5) is 5.82 Å². The fourth-order valence-electron chi connectivity index (χ4n) is 3.28. The van der Waals surface area contributed by atoms with Gasteiger partial charge in [-0.1, -0.05) is 24.3 Å². The highest BCUT2D eigenvalue weighted by Crippen LogP contribution is 2.26. The summed E-state index contributed by atoms with van der Waals surface area (Å²) in [7, 11) is 0. The second-order valence-corrected chi connectivity index (χ2v) is 7.16. The average molecular weight is 406 g/mol. The third kappa shape index (κ3) is 4.67. The third-order valence-corrected chi connectivity index (χ3v) is 5.00. The predicted molar refractivity (Wildman–Crippen MR) is 110 cm³/mol. The molecule has 2 unspecified atom stereocenters. The summed E-state index contributed by atoms with van der Waals surface area (Å²) < 4.78 is 22.6. The van der Waals surface area contributed by atoms with E-state index in [0.717, 1.165) is 41.6 Å². The van der Waals surface area contributed by atoms with Crippen molar-refractivity contribution < 1.29 is 18.9 Å². The van der Waals surface area contributed by atoms with Gasteiger partial charge >= 0.3 is 0 Å². The Labute approximate surface area is 174 Å². The maximum atomic E-state index is 6.02. The van der Waals surface area contributed by atoms with E-state index in [0.29, 0.717) is 19.8 Å². The lowest BCUT2D eigenvalue weighted by molar-refractivity contribution is -0.0865. The van der Waals surface area contributed by atoms with Crippen molar-refractivity contribution >= 4 is 5.82 Å². The fraction of sp³-hybridized carbons (Fsp3) is 0.318. The minimum Gasteiger partial charge on any atom is -0.491 e. The number of aromatic nitrogens is 3. The molecule has 8 heteroatoms. The lowest BCUT2D eigenvalue weighted by atomic mass is 10.1. The van der Waals surface area contributed by atoms with Crippen LogP contribution in [0.2, 0.25) is 0 Å². The molecule has 2 aromatic carbocycles. The molecule has 0 radical (unpaired) electrons. The molecule has 0 bridgehead atoms. The van der Waals surface area contributed by atoms with Gasteiger partial charge in [0.25, 0.3) is 0 Å². The SMILES string of the molecule is c1cc(N2CCOC(Oc3ccc(-c4ccc(OCC5CO5)cc4)cc3)C2)nnn1. The summed E-state index contributed by atoms with van der Waals surface area (Å²) in [5, 5.41) is 11.5. The Morgan fingerprint density at radius 1 is 0.933 bits per heavy atom. The Kier molecular flexibility index (Phi) is 5.41. The van der Waals surface area contributed by atoms with Gasteiger partial charge in [0.05, 0.1) is 26.0 Å². The zero-order valence-electron chi connectivity index (χ0n) is 16.4. The molecule has 3 aromatic rings. The first kappa shape index (κ1) is 18.8. The Bertz CT molecular complexity index is 949. The standard InChI is InChI=1S/C22H22N4O4/c1-5-18(28-14-20-15-29-20)6-2-16(1)17-3-7-19(8-4-17)30-22-13-26(11-12-27-22)21-9-10-23-25-24-21/h1-10,20,22H,11-15H2. The van der Waals surface area contributed by atoms with Crippen LogP contribution in [0, 0.1) is 0 Å². The molecule has 0 spiro atoms. The van der Waals surface area contributed by atoms with Crippen LogP contribution in [0.15, 0.2) is 60.8 Å². The second-order valence-electron chi connectivity index (χ2n) is 7.16. The molecule has 2 atom stereocenters. The summed E-state index contributed by atoms with van der Waals surface area (Å²) in [5.41, 5.74) is 2.23. The van der Waals surface area contributed by atoms with Crippen LogP contribution < -0.4 is 14.4 Å². The Balaban J connectivity index is 1.18. The van der Waals surface area contributed by atoms with Gasteiger partial charge in [0, 0.05) is 12.6 Å². The van der Waals surface area contributed by atoms with Crippen LogP contribution in [0.25, 0.3) is 11.1 Å². The van der Waals surface area contributed by atoms with Gasteiger partial charge in [0.15, 0.2) is 5.82 Å². The number of benzene rings is 2. The van der Waals surface area contributed by atoms with Gasteiger partial charge in [-0.3, -0.25) is 0 Å². The van der Waals surface area contributed by atoms with E-state index in [1.165, 1.54) is 0 Å². The van der Waals surface area contributed by atoms with Crippen molar-refractivity contribution in [2.24, 2.45) is 0 Å². The van der Waals surface area contributed by atoms with Crippen LogP contribution in [0.3, 0.4) is 0 Å². The highest BCUT2D eigenvalue weighted by atomic mass is 16.7. The zero-order valence-corrected chi connectivity index (χ0v) is 16.4. The van der Waals surface area contributed by atoms with E-state index in [4.69, 9.17) is 18.9 Å². The number of hydrogen-bond acceptors (Lipinski definition) is 8. The molecule has 0 saturated carbocycles. The van der Waals surface area contributed by atoms with E-state index in [-0.39, 0.29) is 12.4 Å². The average Bonchev–Trinajstić information content (AvgIpc) is 3.64. The molecule has 0 N–H and O–H groups in total. The van der Waals surface area contributed by atoms with Gasteiger partial charge in [-0.05, 0) is 40.6 Å². The first-order valence-corrected chi connectivity index (χ1v) is 9.96. The summed E-state index contributed by atoms with van der Waals surface area (Å²) >= 11 is 0. The second kappa shape index (κ2) is 8.64. The van der Waals surface area contributed by atoms with Gasteiger partial charge in [-0.25, -0.2) is 0 Å². The van der Waals surface area contributed by atoms with E-state index in [9.17, 15) is 0 Å². The molecule has 154 valence electrons. The van der Waals surface area contributed by atoms with Crippen molar-refractivity contribution in [1.29, 1.82) is 0 Å². The lowest BCUT2D eigenvalue weighted by Gasteiger charge is -2.33. The van der Waals surface area contributed by atoms with Gasteiger partial charge in [-0.15, -0.1) is 10.2 Å². The van der Waals surface area contributed by atoms with Crippen LogP contribution in [0.5, 0.6) is 11.5 Å². The molecule has 3 heterocycles. The van der Waals surface area contributed by atoms with Crippen LogP contribution in [-0.2, 0) is 9.47 Å². The topological polar surface area (TPSA) is 82.1 Å². The molecule has 5 rings (SSSR count). The first-order valence-electron chi connectivity index (χ1n) is 9.96. The number of epoxide rings is 1. The maximum absolute atomic E-state index is 6.02. The molecular weight excluding hydrogens is 384 g/mol. The third-order valence-electron chi connectivity index (χ3n) is 5.00. The smallest absolute Gasteiger partial charge is 0.217 e. The van der Waals surface area contributed by atoms with Crippen LogP contribution >= 0.6 is 0 Å². The summed E-state index contributed by atoms with van der Waals surface area (Å²) in [6, 6.07) is 17.9. The number of rotatable bonds is 7. The Morgan fingerprint density at radius 2 is 1.67 bits per heavy atom. The minimum absolute atomic E-state index is 0.259. The quantitative estimate of drug-likeness (QED) is 0.554. The van der Waals surface area contributed by atoms with E-state index in [1.54, 1.807) is 6.20 Å². The minimum atomic E-state index is -0.369. The molecule has 1 aromatic heterocycles. The van der Waals surface area contributed by atoms with Gasteiger partial charge in [-0.2, -0.15) is 0 Å². The fourth-order valence-corrected chi connectivity index (χ4v) is 3.28. The summed E-state index contributed by atoms with van der Waals surface area (Å²) in [6.45, 7) is 3.29. The highest BCUT2D eigenvalue weighted by molar-refractivity contribution is 5.64. The van der Waals surface area contributed by atoms with E-state index in [2.05, 4.69) is 32.4 Å².